The number of carbonyl (C=O) groups is 4. The molecule has 0 bridgehead atoms. The van der Waals surface area contributed by atoms with Gasteiger partial charge >= 0.3 is 11.9 Å². The summed E-state index contributed by atoms with van der Waals surface area (Å²) in [6.07, 6.45) is 2.46. The van der Waals surface area contributed by atoms with Gasteiger partial charge in [0.25, 0.3) is 11.8 Å². The molecule has 0 radical (unpaired) electrons. The van der Waals surface area contributed by atoms with Crippen molar-refractivity contribution >= 4 is 57.7 Å². The van der Waals surface area contributed by atoms with E-state index in [1.807, 2.05) is 206 Å². The first kappa shape index (κ1) is 54.3. The third-order valence-electron chi connectivity index (χ3n) is 14.3. The van der Waals surface area contributed by atoms with Gasteiger partial charge in [-0.25, -0.2) is 9.78 Å². The Balaban J connectivity index is 0.988. The van der Waals surface area contributed by atoms with E-state index in [2.05, 4.69) is 47.0 Å². The normalized spacial score (nSPS) is 15.3. The molecule has 9 aromatic rings. The molecular weight excluding hydrogens is 1060 g/mol. The number of fused-ring (bicyclic) bond motifs is 1. The van der Waals surface area contributed by atoms with Crippen LogP contribution in [0.25, 0.3) is 0 Å². The summed E-state index contributed by atoms with van der Waals surface area (Å²) >= 11 is 2.66. The molecule has 2 amide bonds. The smallest absolute Gasteiger partial charge is 0.356 e. The van der Waals surface area contributed by atoms with E-state index < -0.39 is 52.4 Å². The maximum atomic E-state index is 15.5. The molecule has 2 aliphatic heterocycles. The van der Waals surface area contributed by atoms with Crippen molar-refractivity contribution < 1.29 is 33.5 Å². The summed E-state index contributed by atoms with van der Waals surface area (Å²) in [5.41, 5.74) is 4.64. The lowest BCUT2D eigenvalue weighted by Crippen LogP contribution is -2.71. The number of nitrogens with zero attached hydrogens (tertiary/aromatic N) is 3. The molecule has 11 rings (SSSR count). The summed E-state index contributed by atoms with van der Waals surface area (Å²) in [5, 5.41) is 13.2. The molecule has 3 heterocycles. The Labute approximate surface area is 483 Å². The zero-order valence-electron chi connectivity index (χ0n) is 44.5. The molecule has 1 fully saturated rings. The van der Waals surface area contributed by atoms with E-state index in [1.165, 1.54) is 34.9 Å². The van der Waals surface area contributed by atoms with E-state index >= 15 is 4.79 Å². The molecule has 8 aromatic carbocycles. The molecule has 2 N–H and O–H groups in total. The Bertz CT molecular complexity index is 3530. The molecule has 1 aromatic heterocycles. The predicted molar refractivity (Wildman–Crippen MR) is 320 cm³/mol. The number of β-lactam (4-membered cyclic amide) rings is 1. The molecule has 406 valence electrons. The fourth-order valence-electron chi connectivity index (χ4n) is 10.4. The number of oxime groups is 1. The minimum Gasteiger partial charge on any atom is -0.462 e. The minimum absolute atomic E-state index is 0.0136. The van der Waals surface area contributed by atoms with Crippen molar-refractivity contribution in [2.45, 2.75) is 35.6 Å². The van der Waals surface area contributed by atoms with Crippen molar-refractivity contribution in [3.8, 4) is 0 Å². The maximum Gasteiger partial charge on any atom is 0.356 e. The molecule has 1 saturated heterocycles. The Morgan fingerprint density at radius 1 is 0.646 bits per heavy atom. The average molecular weight is 1120 g/mol. The van der Waals surface area contributed by atoms with Gasteiger partial charge in [0.2, 0.25) is 5.60 Å². The number of ether oxygens (including phenoxy) is 2. The standard InChI is InChI=1S/C68H55N5O7S2/c1-47(74)78-44-26-31-50-45-81-64-59(63(76)73(64)60(50)65(77)79-61(48-27-10-2-11-28-48)49-29-12-3-13-30-49)70-62(75)58(72-80-68(54-38-20-7-21-39-54,55-40-22-8-23-41-55)56-42-24-9-25-43-56)57-46-82-66(69-57)71-67(51-32-14-4-15-33-51,52-34-16-5-17-35-52)53-36-18-6-19-37-53/h2-43,46,59,61,64H,44-45H2,1H3,(H,69,71)(H,70,75)/b31-26-,72-58-/t59?,64-/m1/s1. The van der Waals surface area contributed by atoms with Crippen molar-refractivity contribution in [1.29, 1.82) is 0 Å². The maximum absolute atomic E-state index is 15.5. The lowest BCUT2D eigenvalue weighted by molar-refractivity contribution is -0.154. The number of benzene rings is 8. The molecule has 0 aliphatic carbocycles. The van der Waals surface area contributed by atoms with Crippen LogP contribution in [0.3, 0.4) is 0 Å². The van der Waals surface area contributed by atoms with Gasteiger partial charge in [0, 0.05) is 34.7 Å². The van der Waals surface area contributed by atoms with Crippen LogP contribution in [0.1, 0.15) is 63.2 Å². The Morgan fingerprint density at radius 2 is 1.09 bits per heavy atom. The quantitative estimate of drug-likeness (QED) is 0.0248. The van der Waals surface area contributed by atoms with Gasteiger partial charge in [-0.1, -0.05) is 254 Å². The molecule has 82 heavy (non-hydrogen) atoms. The molecule has 2 aliphatic rings. The number of thioether (sulfide) groups is 1. The minimum atomic E-state index is -1.39. The van der Waals surface area contributed by atoms with Crippen molar-refractivity contribution in [2.24, 2.45) is 5.16 Å². The van der Waals surface area contributed by atoms with E-state index in [9.17, 15) is 14.4 Å². The largest absolute Gasteiger partial charge is 0.462 e. The second kappa shape index (κ2) is 24.8. The van der Waals surface area contributed by atoms with Crippen LogP contribution in [0, 0.1) is 0 Å². The molecular formula is C68H55N5O7S2. The van der Waals surface area contributed by atoms with E-state index in [1.54, 1.807) is 17.5 Å². The van der Waals surface area contributed by atoms with Crippen molar-refractivity contribution in [2.75, 3.05) is 17.7 Å². The Hall–Kier alpha value is -9.63. The first-order valence-electron chi connectivity index (χ1n) is 26.7. The van der Waals surface area contributed by atoms with E-state index in [0.29, 0.717) is 10.7 Å². The number of anilines is 1. The topological polar surface area (TPSA) is 149 Å². The number of rotatable bonds is 20. The molecule has 1 unspecified atom stereocenters. The van der Waals surface area contributed by atoms with Gasteiger partial charge < -0.3 is 24.9 Å². The van der Waals surface area contributed by atoms with Gasteiger partial charge in [-0.05, 0) is 39.5 Å². The van der Waals surface area contributed by atoms with Gasteiger partial charge in [-0.15, -0.1) is 23.1 Å². The fraction of sp³-hybridized carbons (Fsp3) is 0.118. The van der Waals surface area contributed by atoms with Crippen LogP contribution in [0.2, 0.25) is 0 Å². The van der Waals surface area contributed by atoms with Crippen LogP contribution in [0.15, 0.2) is 277 Å². The summed E-state index contributed by atoms with van der Waals surface area (Å²) in [7, 11) is 0. The van der Waals surface area contributed by atoms with Gasteiger partial charge in [-0.3, -0.25) is 19.3 Å². The summed E-state index contributed by atoms with van der Waals surface area (Å²) in [6.45, 7) is 1.26. The highest BCUT2D eigenvalue weighted by Gasteiger charge is 2.55. The van der Waals surface area contributed by atoms with E-state index in [0.717, 1.165) is 44.5 Å². The van der Waals surface area contributed by atoms with Gasteiger partial charge in [0.1, 0.15) is 35.0 Å². The molecule has 12 nitrogen and oxygen atoms in total. The first-order valence-corrected chi connectivity index (χ1v) is 28.6. The number of esters is 2. The summed E-state index contributed by atoms with van der Waals surface area (Å²) < 4.78 is 11.6. The summed E-state index contributed by atoms with van der Waals surface area (Å²) in [5.74, 6) is -2.26. The van der Waals surface area contributed by atoms with Crippen LogP contribution in [0.5, 0.6) is 0 Å². The monoisotopic (exact) mass is 1120 g/mol. The lowest BCUT2D eigenvalue weighted by Gasteiger charge is -2.49. The SMILES string of the molecule is CC(=O)OC/C=C\C1=C(C(=O)OC(c2ccccc2)c2ccccc2)N2C(=O)C(NC(=O)/C(=N\OC(c3ccccc3)(c3ccccc3)c3ccccc3)c3csc(NC(c4ccccc4)(c4ccccc4)c4ccccc4)n3)[C@H]2SC1. The van der Waals surface area contributed by atoms with Crippen LogP contribution in [0.4, 0.5) is 5.13 Å². The highest BCUT2D eigenvalue weighted by atomic mass is 32.2. The van der Waals surface area contributed by atoms with E-state index in [-0.39, 0.29) is 29.5 Å². The number of aromatic nitrogens is 1. The zero-order chi connectivity index (χ0) is 56.3. The summed E-state index contributed by atoms with van der Waals surface area (Å²) in [6, 6.07) is 77.0. The number of amides is 2. The van der Waals surface area contributed by atoms with E-state index in [4.69, 9.17) is 24.5 Å². The van der Waals surface area contributed by atoms with Crippen LogP contribution in [-0.4, -0.2) is 63.1 Å². The highest BCUT2D eigenvalue weighted by Crippen LogP contribution is 2.45. The third kappa shape index (κ3) is 11.1. The Morgan fingerprint density at radius 3 is 1.54 bits per heavy atom. The third-order valence-corrected chi connectivity index (χ3v) is 16.4. The number of nitrogens with one attached hydrogen (secondary N) is 2. The van der Waals surface area contributed by atoms with Crippen molar-refractivity contribution in [3.63, 3.8) is 0 Å². The second-order valence-corrected chi connectivity index (χ2v) is 21.3. The van der Waals surface area contributed by atoms with Gasteiger partial charge in [-0.2, -0.15) is 0 Å². The number of hydrogen-bond donors (Lipinski definition) is 2. The average Bonchev–Trinajstić information content (AvgIpc) is 4.14. The van der Waals surface area contributed by atoms with Crippen molar-refractivity contribution in [3.05, 3.63) is 322 Å². The zero-order valence-corrected chi connectivity index (χ0v) is 46.1. The van der Waals surface area contributed by atoms with Crippen LogP contribution in [-0.2, 0) is 44.6 Å². The molecule has 14 heteroatoms. The Kier molecular flexibility index (Phi) is 16.4. The first-order chi connectivity index (χ1) is 40.2. The predicted octanol–water partition coefficient (Wildman–Crippen LogP) is 12.4. The van der Waals surface area contributed by atoms with Crippen molar-refractivity contribution in [1.82, 2.24) is 15.2 Å². The van der Waals surface area contributed by atoms with Crippen LogP contribution >= 0.6 is 23.1 Å². The lowest BCUT2D eigenvalue weighted by atomic mass is 9.77. The highest BCUT2D eigenvalue weighted by molar-refractivity contribution is 8.00. The van der Waals surface area contributed by atoms with Gasteiger partial charge in [0.05, 0.1) is 0 Å². The van der Waals surface area contributed by atoms with Gasteiger partial charge in [0.15, 0.2) is 16.9 Å². The summed E-state index contributed by atoms with van der Waals surface area (Å²) in [4.78, 5) is 70.5. The molecule has 2 atom stereocenters. The number of hydrogen-bond acceptors (Lipinski definition) is 12. The molecule has 0 spiro atoms. The van der Waals surface area contributed by atoms with Crippen LogP contribution < -0.4 is 10.6 Å². The molecule has 0 saturated carbocycles. The number of thiazole rings is 1. The fourth-order valence-corrected chi connectivity index (χ4v) is 12.5. The number of carbonyl (C=O) groups excluding carboxylic acids is 4. The second-order valence-electron chi connectivity index (χ2n) is 19.4. The number of allylic oxidation sites excluding steroid dienone is 1.